The molecule has 0 aromatic carbocycles. The van der Waals surface area contributed by atoms with Gasteiger partial charge in [-0.1, -0.05) is 0 Å². The second-order valence-corrected chi connectivity index (χ2v) is 4.88. The van der Waals surface area contributed by atoms with Gasteiger partial charge in [0.25, 0.3) is 5.91 Å². The number of furan rings is 1. The first-order valence-electron chi connectivity index (χ1n) is 7.28. The summed E-state index contributed by atoms with van der Waals surface area (Å²) >= 11 is 0. The number of nitrogens with zero attached hydrogens (tertiary/aromatic N) is 2. The van der Waals surface area contributed by atoms with Crippen molar-refractivity contribution in [3.8, 4) is 0 Å². The van der Waals surface area contributed by atoms with Gasteiger partial charge in [-0.2, -0.15) is 0 Å². The van der Waals surface area contributed by atoms with Gasteiger partial charge in [0.1, 0.15) is 11.5 Å². The third-order valence-electron chi connectivity index (χ3n) is 3.13. The van der Waals surface area contributed by atoms with Crippen LogP contribution >= 0.6 is 0 Å². The van der Waals surface area contributed by atoms with Gasteiger partial charge in [0.05, 0.1) is 24.7 Å². The van der Waals surface area contributed by atoms with E-state index in [1.165, 1.54) is 6.08 Å². The molecule has 122 valence electrons. The Morgan fingerprint density at radius 1 is 1.33 bits per heavy atom. The van der Waals surface area contributed by atoms with Crippen LogP contribution in [-0.2, 0) is 9.59 Å². The molecule has 0 saturated heterocycles. The van der Waals surface area contributed by atoms with E-state index in [1.807, 2.05) is 0 Å². The zero-order valence-electron chi connectivity index (χ0n) is 12.7. The summed E-state index contributed by atoms with van der Waals surface area (Å²) in [5.41, 5.74) is 0.797. The fraction of sp³-hybridized carbons (Fsp3) is 0.125. The normalized spacial score (nSPS) is 15.0. The molecule has 0 saturated carbocycles. The Kier molecular flexibility index (Phi) is 4.66. The molecular formula is C16H15N5O3. The number of pyridine rings is 1. The molecule has 1 aliphatic rings. The monoisotopic (exact) mass is 325 g/mol. The van der Waals surface area contributed by atoms with Crippen molar-refractivity contribution in [3.05, 3.63) is 54.3 Å². The maximum atomic E-state index is 11.9. The molecule has 0 bridgehead atoms. The molecule has 0 aliphatic carbocycles. The average Bonchev–Trinajstić information content (AvgIpc) is 3.08. The molecule has 0 spiro atoms. The number of hydrogen-bond acceptors (Lipinski definition) is 6. The van der Waals surface area contributed by atoms with Crippen molar-refractivity contribution in [1.29, 1.82) is 0 Å². The van der Waals surface area contributed by atoms with Crippen LogP contribution in [0.25, 0.3) is 0 Å². The van der Waals surface area contributed by atoms with Gasteiger partial charge in [-0.05, 0) is 24.3 Å². The van der Waals surface area contributed by atoms with Crippen LogP contribution in [0.15, 0.2) is 57.9 Å². The summed E-state index contributed by atoms with van der Waals surface area (Å²) < 4.78 is 5.10. The Labute approximate surface area is 137 Å². The van der Waals surface area contributed by atoms with E-state index < -0.39 is 5.91 Å². The van der Waals surface area contributed by atoms with Crippen molar-refractivity contribution in [2.24, 2.45) is 4.99 Å². The lowest BCUT2D eigenvalue weighted by molar-refractivity contribution is -0.117. The minimum atomic E-state index is -0.410. The topological polar surface area (TPSA) is 109 Å². The van der Waals surface area contributed by atoms with Gasteiger partial charge in [0.15, 0.2) is 5.82 Å². The van der Waals surface area contributed by atoms with E-state index >= 15 is 0 Å². The number of carbonyl (C=O) groups excluding carboxylic acids is 2. The average molecular weight is 325 g/mol. The van der Waals surface area contributed by atoms with E-state index in [9.17, 15) is 9.59 Å². The first-order valence-corrected chi connectivity index (χ1v) is 7.28. The van der Waals surface area contributed by atoms with Crippen molar-refractivity contribution in [2.45, 2.75) is 0 Å². The number of fused-ring (bicyclic) bond motifs is 1. The maximum Gasteiger partial charge on any atom is 0.273 e. The van der Waals surface area contributed by atoms with Gasteiger partial charge in [-0.3, -0.25) is 14.6 Å². The second kappa shape index (κ2) is 7.23. The highest BCUT2D eigenvalue weighted by Gasteiger charge is 2.20. The number of rotatable bonds is 5. The standard InChI is InChI=1S/C16H15N5O3/c22-14(18-7-6-17-10-11-3-2-8-24-11)9-13-16(23)21-15-12(20-13)4-1-5-19-15/h1-5,8-10,20H,6-7H2,(H,18,22)(H,19,21,23)/b13-9+,17-10?. The van der Waals surface area contributed by atoms with Gasteiger partial charge in [-0.25, -0.2) is 4.98 Å². The fourth-order valence-corrected chi connectivity index (χ4v) is 2.03. The Morgan fingerprint density at radius 2 is 2.25 bits per heavy atom. The highest BCUT2D eigenvalue weighted by atomic mass is 16.3. The van der Waals surface area contributed by atoms with Crippen LogP contribution in [0.1, 0.15) is 5.76 Å². The number of anilines is 2. The summed E-state index contributed by atoms with van der Waals surface area (Å²) in [5.74, 6) is 0.298. The van der Waals surface area contributed by atoms with Crippen LogP contribution < -0.4 is 16.0 Å². The zero-order valence-corrected chi connectivity index (χ0v) is 12.7. The summed E-state index contributed by atoms with van der Waals surface area (Å²) in [5, 5.41) is 8.15. The molecule has 8 nitrogen and oxygen atoms in total. The summed E-state index contributed by atoms with van der Waals surface area (Å²) in [6.07, 6.45) is 5.93. The molecule has 24 heavy (non-hydrogen) atoms. The SMILES string of the molecule is O=C(/C=C1/Nc2cccnc2NC1=O)NCCN=Cc1ccco1. The number of hydrogen-bond donors (Lipinski definition) is 3. The van der Waals surface area contributed by atoms with Gasteiger partial charge in [0.2, 0.25) is 5.91 Å². The Bertz CT molecular complexity index is 796. The van der Waals surface area contributed by atoms with Gasteiger partial charge >= 0.3 is 0 Å². The third-order valence-corrected chi connectivity index (χ3v) is 3.13. The number of aliphatic imine (C=N–C) groups is 1. The molecule has 0 radical (unpaired) electrons. The number of amides is 2. The highest BCUT2D eigenvalue weighted by Crippen LogP contribution is 2.24. The highest BCUT2D eigenvalue weighted by molar-refractivity contribution is 6.13. The van der Waals surface area contributed by atoms with Crippen molar-refractivity contribution < 1.29 is 14.0 Å². The fourth-order valence-electron chi connectivity index (χ4n) is 2.03. The van der Waals surface area contributed by atoms with Crippen LogP contribution in [0, 0.1) is 0 Å². The molecule has 1 aliphatic heterocycles. The number of carbonyl (C=O) groups is 2. The summed E-state index contributed by atoms with van der Waals surface area (Å²) in [6, 6.07) is 7.05. The summed E-state index contributed by atoms with van der Waals surface area (Å²) in [7, 11) is 0. The van der Waals surface area contributed by atoms with Crippen LogP contribution in [-0.4, -0.2) is 36.1 Å². The van der Waals surface area contributed by atoms with Crippen LogP contribution in [0.4, 0.5) is 11.5 Å². The molecule has 0 unspecified atom stereocenters. The lowest BCUT2D eigenvalue weighted by Crippen LogP contribution is -2.30. The van der Waals surface area contributed by atoms with E-state index in [0.29, 0.717) is 30.4 Å². The van der Waals surface area contributed by atoms with Crippen molar-refractivity contribution in [3.63, 3.8) is 0 Å². The van der Waals surface area contributed by atoms with E-state index in [2.05, 4.69) is 25.9 Å². The quantitative estimate of drug-likeness (QED) is 0.434. The largest absolute Gasteiger partial charge is 0.463 e. The second-order valence-electron chi connectivity index (χ2n) is 4.88. The molecule has 0 atom stereocenters. The lowest BCUT2D eigenvalue weighted by atomic mass is 10.2. The Balaban J connectivity index is 1.51. The van der Waals surface area contributed by atoms with Gasteiger partial charge in [0, 0.05) is 18.8 Å². The Hall–Kier alpha value is -3.42. The smallest absolute Gasteiger partial charge is 0.273 e. The van der Waals surface area contributed by atoms with Gasteiger partial charge in [-0.15, -0.1) is 0 Å². The maximum absolute atomic E-state index is 11.9. The predicted octanol–water partition coefficient (Wildman–Crippen LogP) is 1.16. The molecule has 2 aromatic heterocycles. The van der Waals surface area contributed by atoms with E-state index in [-0.39, 0.29) is 11.6 Å². The molecule has 3 N–H and O–H groups in total. The number of aromatic nitrogens is 1. The third kappa shape index (κ3) is 3.86. The zero-order chi connectivity index (χ0) is 16.8. The van der Waals surface area contributed by atoms with Crippen LogP contribution in [0.3, 0.4) is 0 Å². The Morgan fingerprint density at radius 3 is 3.08 bits per heavy atom. The van der Waals surface area contributed by atoms with Crippen LogP contribution in [0.2, 0.25) is 0 Å². The molecule has 2 aromatic rings. The molecule has 0 fully saturated rings. The predicted molar refractivity (Wildman–Crippen MR) is 88.8 cm³/mol. The summed E-state index contributed by atoms with van der Waals surface area (Å²) in [4.78, 5) is 31.9. The van der Waals surface area contributed by atoms with E-state index in [0.717, 1.165) is 0 Å². The minimum Gasteiger partial charge on any atom is -0.463 e. The molecule has 8 heteroatoms. The van der Waals surface area contributed by atoms with E-state index in [4.69, 9.17) is 4.42 Å². The van der Waals surface area contributed by atoms with E-state index in [1.54, 1.807) is 42.9 Å². The first kappa shape index (κ1) is 15.5. The molecule has 3 rings (SSSR count). The van der Waals surface area contributed by atoms with Crippen molar-refractivity contribution >= 4 is 29.5 Å². The molecular weight excluding hydrogens is 310 g/mol. The van der Waals surface area contributed by atoms with Crippen molar-refractivity contribution in [1.82, 2.24) is 10.3 Å². The lowest BCUT2D eigenvalue weighted by Gasteiger charge is -2.19. The first-order chi connectivity index (χ1) is 11.7. The van der Waals surface area contributed by atoms with Gasteiger partial charge < -0.3 is 20.4 Å². The number of nitrogens with one attached hydrogen (secondary N) is 3. The van der Waals surface area contributed by atoms with Crippen LogP contribution in [0.5, 0.6) is 0 Å². The molecule has 2 amide bonds. The summed E-state index contributed by atoms with van der Waals surface area (Å²) in [6.45, 7) is 0.752. The minimum absolute atomic E-state index is 0.159. The molecule has 3 heterocycles. The van der Waals surface area contributed by atoms with Crippen molar-refractivity contribution in [2.75, 3.05) is 23.7 Å².